The van der Waals surface area contributed by atoms with Gasteiger partial charge in [0.1, 0.15) is 19.0 Å². The lowest BCUT2D eigenvalue weighted by molar-refractivity contribution is -0.115. The number of fused-ring (bicyclic) bond motifs is 1. The molecule has 2 aromatic rings. The molecule has 0 saturated carbocycles. The van der Waals surface area contributed by atoms with Crippen LogP contribution in [-0.4, -0.2) is 39.4 Å². The minimum atomic E-state index is -3.65. The van der Waals surface area contributed by atoms with E-state index in [2.05, 4.69) is 5.32 Å². The molecule has 0 aliphatic carbocycles. The van der Waals surface area contributed by atoms with E-state index >= 15 is 0 Å². The smallest absolute Gasteiger partial charge is 0.225 e. The summed E-state index contributed by atoms with van der Waals surface area (Å²) in [4.78, 5) is 12.3. The van der Waals surface area contributed by atoms with E-state index in [9.17, 15) is 13.2 Å². The van der Waals surface area contributed by atoms with Crippen LogP contribution < -0.4 is 19.5 Å². The van der Waals surface area contributed by atoms with Crippen molar-refractivity contribution < 1.29 is 27.4 Å². The van der Waals surface area contributed by atoms with Gasteiger partial charge in [-0.25, -0.2) is 8.42 Å². The Labute approximate surface area is 174 Å². The van der Waals surface area contributed by atoms with Gasteiger partial charge in [-0.2, -0.15) is 0 Å². The van der Waals surface area contributed by atoms with Gasteiger partial charge in [-0.3, -0.25) is 4.79 Å². The molecule has 0 unspecified atom stereocenters. The third-order valence-corrected chi connectivity index (χ3v) is 6.06. The molecule has 1 N–H and O–H groups in total. The van der Waals surface area contributed by atoms with Crippen molar-refractivity contribution in [3.05, 3.63) is 41.4 Å². The SMILES string of the molecule is CC(C)Oc1ccc(NC(=O)CCS(=O)(=O)c2ccc3c(c2)OCCO3)cc1Cl. The van der Waals surface area contributed by atoms with Crippen LogP contribution in [0, 0.1) is 0 Å². The molecule has 0 atom stereocenters. The van der Waals surface area contributed by atoms with Gasteiger partial charge in [0.15, 0.2) is 21.3 Å². The summed E-state index contributed by atoms with van der Waals surface area (Å²) in [6.07, 6.45) is -0.225. The zero-order valence-electron chi connectivity index (χ0n) is 16.1. The van der Waals surface area contributed by atoms with Crippen LogP contribution in [0.3, 0.4) is 0 Å². The van der Waals surface area contributed by atoms with Crippen LogP contribution >= 0.6 is 11.6 Å². The minimum absolute atomic E-state index is 0.0290. The van der Waals surface area contributed by atoms with Gasteiger partial charge in [-0.05, 0) is 44.2 Å². The molecule has 29 heavy (non-hydrogen) atoms. The van der Waals surface area contributed by atoms with Crippen molar-refractivity contribution in [1.29, 1.82) is 0 Å². The van der Waals surface area contributed by atoms with Crippen LogP contribution in [0.15, 0.2) is 41.3 Å². The molecule has 0 spiro atoms. The molecule has 3 rings (SSSR count). The van der Waals surface area contributed by atoms with E-state index in [0.717, 1.165) is 0 Å². The van der Waals surface area contributed by atoms with Gasteiger partial charge in [-0.1, -0.05) is 11.6 Å². The van der Waals surface area contributed by atoms with Crippen molar-refractivity contribution in [2.75, 3.05) is 24.3 Å². The first kappa shape index (κ1) is 21.3. The van der Waals surface area contributed by atoms with E-state index in [1.165, 1.54) is 12.1 Å². The summed E-state index contributed by atoms with van der Waals surface area (Å²) in [6, 6.07) is 9.31. The number of carbonyl (C=O) groups is 1. The van der Waals surface area contributed by atoms with Gasteiger partial charge in [-0.15, -0.1) is 0 Å². The average Bonchev–Trinajstić information content (AvgIpc) is 2.68. The highest BCUT2D eigenvalue weighted by Crippen LogP contribution is 2.33. The second kappa shape index (κ2) is 8.92. The van der Waals surface area contributed by atoms with Crippen LogP contribution in [0.2, 0.25) is 5.02 Å². The number of nitrogens with one attached hydrogen (secondary N) is 1. The van der Waals surface area contributed by atoms with E-state index in [4.69, 9.17) is 25.8 Å². The second-order valence-corrected chi connectivity index (χ2v) is 9.25. The van der Waals surface area contributed by atoms with Crippen LogP contribution in [0.25, 0.3) is 0 Å². The number of anilines is 1. The molecule has 0 radical (unpaired) electrons. The molecule has 1 aliphatic rings. The number of sulfone groups is 1. The van der Waals surface area contributed by atoms with Crippen molar-refractivity contribution in [2.24, 2.45) is 0 Å². The zero-order chi connectivity index (χ0) is 21.0. The van der Waals surface area contributed by atoms with Crippen LogP contribution in [0.4, 0.5) is 5.69 Å². The molecule has 0 bridgehead atoms. The molecular formula is C20H22ClNO6S. The number of carbonyl (C=O) groups excluding carboxylic acids is 1. The van der Waals surface area contributed by atoms with Crippen molar-refractivity contribution in [3.8, 4) is 17.2 Å². The number of ether oxygens (including phenoxy) is 3. The molecule has 0 aromatic heterocycles. The van der Waals surface area contributed by atoms with E-state index in [1.54, 1.807) is 24.3 Å². The molecule has 156 valence electrons. The Kier molecular flexibility index (Phi) is 6.54. The molecule has 2 aromatic carbocycles. The van der Waals surface area contributed by atoms with E-state index in [-0.39, 0.29) is 23.2 Å². The number of halogens is 1. The van der Waals surface area contributed by atoms with E-state index in [0.29, 0.717) is 41.2 Å². The topological polar surface area (TPSA) is 90.9 Å². The van der Waals surface area contributed by atoms with Crippen molar-refractivity contribution in [3.63, 3.8) is 0 Å². The predicted octanol–water partition coefficient (Wildman–Crippen LogP) is 3.70. The number of amides is 1. The van der Waals surface area contributed by atoms with Gasteiger partial charge in [0.05, 0.1) is 21.8 Å². The monoisotopic (exact) mass is 439 g/mol. The van der Waals surface area contributed by atoms with Gasteiger partial charge in [0.25, 0.3) is 0 Å². The van der Waals surface area contributed by atoms with Crippen molar-refractivity contribution in [2.45, 2.75) is 31.3 Å². The van der Waals surface area contributed by atoms with Gasteiger partial charge in [0, 0.05) is 18.2 Å². The second-order valence-electron chi connectivity index (χ2n) is 6.73. The lowest BCUT2D eigenvalue weighted by atomic mass is 10.3. The van der Waals surface area contributed by atoms with E-state index in [1.807, 2.05) is 13.8 Å². The summed E-state index contributed by atoms with van der Waals surface area (Å²) in [5.74, 6) is 0.649. The highest BCUT2D eigenvalue weighted by atomic mass is 35.5. The van der Waals surface area contributed by atoms with Crippen molar-refractivity contribution >= 4 is 33.0 Å². The fourth-order valence-electron chi connectivity index (χ4n) is 2.71. The highest BCUT2D eigenvalue weighted by molar-refractivity contribution is 7.91. The number of benzene rings is 2. The third-order valence-electron chi connectivity index (χ3n) is 4.05. The first-order valence-electron chi connectivity index (χ1n) is 9.13. The quantitative estimate of drug-likeness (QED) is 0.707. The number of hydrogen-bond donors (Lipinski definition) is 1. The molecule has 7 nitrogen and oxygen atoms in total. The fourth-order valence-corrected chi connectivity index (χ4v) is 4.19. The lowest BCUT2D eigenvalue weighted by Crippen LogP contribution is -2.18. The summed E-state index contributed by atoms with van der Waals surface area (Å²) >= 11 is 6.15. The largest absolute Gasteiger partial charge is 0.489 e. The standard InChI is InChI=1S/C20H22ClNO6S/c1-13(2)28-17-5-3-14(11-16(17)21)22-20(23)7-10-29(24,25)15-4-6-18-19(12-15)27-9-8-26-18/h3-6,11-13H,7-10H2,1-2H3,(H,22,23). The van der Waals surface area contributed by atoms with Crippen LogP contribution in [0.1, 0.15) is 20.3 Å². The third kappa shape index (κ3) is 5.55. The predicted molar refractivity (Wildman–Crippen MR) is 110 cm³/mol. The van der Waals surface area contributed by atoms with Crippen LogP contribution in [-0.2, 0) is 14.6 Å². The summed E-state index contributed by atoms with van der Waals surface area (Å²) in [5, 5.41) is 3.01. The Bertz CT molecular complexity index is 1010. The molecular weight excluding hydrogens is 418 g/mol. The zero-order valence-corrected chi connectivity index (χ0v) is 17.7. The normalized spacial score (nSPS) is 13.2. The van der Waals surface area contributed by atoms with Crippen molar-refractivity contribution in [1.82, 2.24) is 0 Å². The maximum atomic E-state index is 12.6. The molecule has 9 heteroatoms. The number of hydrogen-bond acceptors (Lipinski definition) is 6. The van der Waals surface area contributed by atoms with Gasteiger partial charge in [0.2, 0.25) is 5.91 Å². The average molecular weight is 440 g/mol. The summed E-state index contributed by atoms with van der Waals surface area (Å²) in [7, 11) is -3.65. The van der Waals surface area contributed by atoms with Gasteiger partial charge >= 0.3 is 0 Å². The molecule has 1 amide bonds. The first-order valence-corrected chi connectivity index (χ1v) is 11.2. The summed E-state index contributed by atoms with van der Waals surface area (Å²) < 4.78 is 41.5. The Balaban J connectivity index is 1.60. The Morgan fingerprint density at radius 2 is 1.86 bits per heavy atom. The van der Waals surface area contributed by atoms with E-state index < -0.39 is 15.7 Å². The first-order chi connectivity index (χ1) is 13.7. The molecule has 0 saturated heterocycles. The maximum absolute atomic E-state index is 12.6. The summed E-state index contributed by atoms with van der Waals surface area (Å²) in [5.41, 5.74) is 0.466. The fraction of sp³-hybridized carbons (Fsp3) is 0.350. The Morgan fingerprint density at radius 3 is 2.55 bits per heavy atom. The minimum Gasteiger partial charge on any atom is -0.489 e. The molecule has 1 aliphatic heterocycles. The Hall–Kier alpha value is -2.45. The summed E-state index contributed by atoms with van der Waals surface area (Å²) in [6.45, 7) is 4.55. The molecule has 0 fully saturated rings. The highest BCUT2D eigenvalue weighted by Gasteiger charge is 2.21. The van der Waals surface area contributed by atoms with Gasteiger partial charge < -0.3 is 19.5 Å². The Morgan fingerprint density at radius 1 is 1.14 bits per heavy atom. The molecule has 1 heterocycles. The van der Waals surface area contributed by atoms with Crippen LogP contribution in [0.5, 0.6) is 17.2 Å². The maximum Gasteiger partial charge on any atom is 0.225 e. The number of rotatable bonds is 7. The lowest BCUT2D eigenvalue weighted by Gasteiger charge is -2.18.